The van der Waals surface area contributed by atoms with Crippen LogP contribution in [-0.4, -0.2) is 42.5 Å². The SMILES string of the molecule is O=C(CCc1cccc(F)c1)N1CCC(CNC(=O)C(F)(F)F)CC1. The average molecular weight is 360 g/mol. The zero-order valence-electron chi connectivity index (χ0n) is 13.6. The Morgan fingerprint density at radius 2 is 1.88 bits per heavy atom. The summed E-state index contributed by atoms with van der Waals surface area (Å²) in [5, 5.41) is 1.89. The molecule has 8 heteroatoms. The fourth-order valence-electron chi connectivity index (χ4n) is 2.83. The lowest BCUT2D eigenvalue weighted by atomic mass is 9.96. The van der Waals surface area contributed by atoms with Gasteiger partial charge in [0.1, 0.15) is 5.82 Å². The maximum Gasteiger partial charge on any atom is 0.471 e. The van der Waals surface area contributed by atoms with Crippen molar-refractivity contribution < 1.29 is 27.2 Å². The van der Waals surface area contributed by atoms with Crippen LogP contribution < -0.4 is 5.32 Å². The number of carbonyl (C=O) groups is 2. The van der Waals surface area contributed by atoms with Crippen LogP contribution in [0.4, 0.5) is 17.6 Å². The molecule has 1 aromatic carbocycles. The number of hydrogen-bond donors (Lipinski definition) is 1. The van der Waals surface area contributed by atoms with Crippen molar-refractivity contribution in [3.63, 3.8) is 0 Å². The topological polar surface area (TPSA) is 49.4 Å². The van der Waals surface area contributed by atoms with Crippen LogP contribution in [-0.2, 0) is 16.0 Å². The lowest BCUT2D eigenvalue weighted by Crippen LogP contribution is -2.44. The van der Waals surface area contributed by atoms with E-state index in [9.17, 15) is 27.2 Å². The Morgan fingerprint density at radius 1 is 1.20 bits per heavy atom. The monoisotopic (exact) mass is 360 g/mol. The van der Waals surface area contributed by atoms with Gasteiger partial charge in [0.15, 0.2) is 0 Å². The summed E-state index contributed by atoms with van der Waals surface area (Å²) in [6.07, 6.45) is -3.07. The molecule has 0 unspecified atom stereocenters. The lowest BCUT2D eigenvalue weighted by Gasteiger charge is -2.32. The van der Waals surface area contributed by atoms with Gasteiger partial charge in [-0.15, -0.1) is 0 Å². The van der Waals surface area contributed by atoms with E-state index >= 15 is 0 Å². The molecule has 25 heavy (non-hydrogen) atoms. The fourth-order valence-corrected chi connectivity index (χ4v) is 2.83. The van der Waals surface area contributed by atoms with Crippen LogP contribution in [0.3, 0.4) is 0 Å². The first kappa shape index (κ1) is 19.2. The number of nitrogens with zero attached hydrogens (tertiary/aromatic N) is 1. The molecule has 0 atom stereocenters. The number of halogens is 4. The molecule has 0 spiro atoms. The third kappa shape index (κ3) is 6.03. The second kappa shape index (κ2) is 8.31. The molecule has 1 saturated heterocycles. The predicted molar refractivity (Wildman–Crippen MR) is 83.1 cm³/mol. The molecule has 1 aliphatic heterocycles. The van der Waals surface area contributed by atoms with Crippen molar-refractivity contribution in [2.75, 3.05) is 19.6 Å². The predicted octanol–water partition coefficient (Wildman–Crippen LogP) is 2.68. The Balaban J connectivity index is 1.70. The summed E-state index contributed by atoms with van der Waals surface area (Å²) in [5.41, 5.74) is 0.748. The van der Waals surface area contributed by atoms with E-state index in [1.807, 2.05) is 5.32 Å². The standard InChI is InChI=1S/C17H20F4N2O2/c18-14-3-1-2-12(10-14)4-5-15(24)23-8-6-13(7-9-23)11-22-16(25)17(19,20)21/h1-3,10,13H,4-9,11H2,(H,22,25). The Kier molecular flexibility index (Phi) is 6.39. The smallest absolute Gasteiger partial charge is 0.348 e. The van der Waals surface area contributed by atoms with Crippen molar-refractivity contribution in [1.82, 2.24) is 10.2 Å². The summed E-state index contributed by atoms with van der Waals surface area (Å²) in [7, 11) is 0. The van der Waals surface area contributed by atoms with E-state index in [4.69, 9.17) is 0 Å². The number of aryl methyl sites for hydroxylation is 1. The summed E-state index contributed by atoms with van der Waals surface area (Å²) < 4.78 is 49.5. The van der Waals surface area contributed by atoms with Gasteiger partial charge in [-0.05, 0) is 42.9 Å². The van der Waals surface area contributed by atoms with E-state index < -0.39 is 12.1 Å². The van der Waals surface area contributed by atoms with Crippen LogP contribution >= 0.6 is 0 Å². The van der Waals surface area contributed by atoms with E-state index in [1.54, 1.807) is 17.0 Å². The number of amides is 2. The van der Waals surface area contributed by atoms with Crippen molar-refractivity contribution in [3.8, 4) is 0 Å². The molecule has 1 fully saturated rings. The molecule has 0 radical (unpaired) electrons. The van der Waals surface area contributed by atoms with Gasteiger partial charge >= 0.3 is 12.1 Å². The minimum Gasteiger partial charge on any atom is -0.348 e. The molecule has 0 bridgehead atoms. The summed E-state index contributed by atoms with van der Waals surface area (Å²) in [6.45, 7) is 0.868. The molecule has 4 nitrogen and oxygen atoms in total. The van der Waals surface area contributed by atoms with Crippen LogP contribution in [0.1, 0.15) is 24.8 Å². The van der Waals surface area contributed by atoms with Gasteiger partial charge in [0.25, 0.3) is 0 Å². The highest BCUT2D eigenvalue weighted by atomic mass is 19.4. The minimum atomic E-state index is -4.87. The third-order valence-corrected chi connectivity index (χ3v) is 4.29. The molecular weight excluding hydrogens is 340 g/mol. The second-order valence-corrected chi connectivity index (χ2v) is 6.16. The summed E-state index contributed by atoms with van der Waals surface area (Å²) >= 11 is 0. The van der Waals surface area contributed by atoms with Crippen LogP contribution in [0.25, 0.3) is 0 Å². The van der Waals surface area contributed by atoms with Gasteiger partial charge < -0.3 is 10.2 Å². The summed E-state index contributed by atoms with van der Waals surface area (Å²) in [5.74, 6) is -2.40. The van der Waals surface area contributed by atoms with E-state index in [2.05, 4.69) is 0 Å². The Hall–Kier alpha value is -2.12. The number of alkyl halides is 3. The molecule has 1 N–H and O–H groups in total. The van der Waals surface area contributed by atoms with E-state index in [-0.39, 0.29) is 30.6 Å². The van der Waals surface area contributed by atoms with Crippen LogP contribution in [0, 0.1) is 11.7 Å². The van der Waals surface area contributed by atoms with Gasteiger partial charge in [-0.3, -0.25) is 9.59 Å². The molecule has 2 amide bonds. The highest BCUT2D eigenvalue weighted by Crippen LogP contribution is 2.19. The van der Waals surface area contributed by atoms with E-state index in [0.717, 1.165) is 5.56 Å². The first-order chi connectivity index (χ1) is 11.8. The Morgan fingerprint density at radius 3 is 2.48 bits per heavy atom. The van der Waals surface area contributed by atoms with Gasteiger partial charge in [0, 0.05) is 26.1 Å². The van der Waals surface area contributed by atoms with Crippen molar-refractivity contribution in [1.29, 1.82) is 0 Å². The van der Waals surface area contributed by atoms with E-state index in [1.165, 1.54) is 12.1 Å². The molecular formula is C17H20F4N2O2. The number of likely N-dealkylation sites (tertiary alicyclic amines) is 1. The Labute approximate surface area is 143 Å². The van der Waals surface area contributed by atoms with Crippen LogP contribution in [0.5, 0.6) is 0 Å². The molecule has 0 aliphatic carbocycles. The van der Waals surface area contributed by atoms with Gasteiger partial charge in [-0.25, -0.2) is 4.39 Å². The number of carbonyl (C=O) groups excluding carboxylic acids is 2. The molecule has 0 saturated carbocycles. The van der Waals surface area contributed by atoms with Gasteiger partial charge in [-0.2, -0.15) is 13.2 Å². The highest BCUT2D eigenvalue weighted by molar-refractivity contribution is 5.81. The van der Waals surface area contributed by atoms with E-state index in [0.29, 0.717) is 32.4 Å². The van der Waals surface area contributed by atoms with Gasteiger partial charge in [0.05, 0.1) is 0 Å². The number of nitrogens with one attached hydrogen (secondary N) is 1. The molecule has 0 aromatic heterocycles. The normalized spacial score (nSPS) is 15.9. The fraction of sp³-hybridized carbons (Fsp3) is 0.529. The first-order valence-corrected chi connectivity index (χ1v) is 8.13. The molecule has 1 heterocycles. The van der Waals surface area contributed by atoms with Gasteiger partial charge in [-0.1, -0.05) is 12.1 Å². The van der Waals surface area contributed by atoms with Crippen molar-refractivity contribution >= 4 is 11.8 Å². The summed E-state index contributed by atoms with van der Waals surface area (Å²) in [4.78, 5) is 24.6. The van der Waals surface area contributed by atoms with Crippen molar-refractivity contribution in [2.24, 2.45) is 5.92 Å². The zero-order chi connectivity index (χ0) is 18.4. The third-order valence-electron chi connectivity index (χ3n) is 4.29. The maximum absolute atomic E-state index is 13.1. The highest BCUT2D eigenvalue weighted by Gasteiger charge is 2.38. The average Bonchev–Trinajstić information content (AvgIpc) is 2.57. The largest absolute Gasteiger partial charge is 0.471 e. The number of benzene rings is 1. The number of rotatable bonds is 5. The maximum atomic E-state index is 13.1. The number of hydrogen-bond acceptors (Lipinski definition) is 2. The lowest BCUT2D eigenvalue weighted by molar-refractivity contribution is -0.173. The quantitative estimate of drug-likeness (QED) is 0.821. The molecule has 1 aromatic rings. The van der Waals surface area contributed by atoms with Gasteiger partial charge in [0.2, 0.25) is 5.91 Å². The van der Waals surface area contributed by atoms with Crippen molar-refractivity contribution in [2.45, 2.75) is 31.9 Å². The molecule has 138 valence electrons. The number of piperidine rings is 1. The zero-order valence-corrected chi connectivity index (χ0v) is 13.6. The van der Waals surface area contributed by atoms with Crippen LogP contribution in [0.2, 0.25) is 0 Å². The van der Waals surface area contributed by atoms with Crippen LogP contribution in [0.15, 0.2) is 24.3 Å². The molecule has 2 rings (SSSR count). The summed E-state index contributed by atoms with van der Waals surface area (Å²) in [6, 6.07) is 6.08. The minimum absolute atomic E-state index is 0.0380. The Bertz CT molecular complexity index is 611. The second-order valence-electron chi connectivity index (χ2n) is 6.16. The van der Waals surface area contributed by atoms with Crippen molar-refractivity contribution in [3.05, 3.63) is 35.6 Å². The first-order valence-electron chi connectivity index (χ1n) is 8.13. The molecule has 1 aliphatic rings.